The number of carbonyl (C=O) groups is 1. The predicted octanol–water partition coefficient (Wildman–Crippen LogP) is 2.85. The van der Waals surface area contributed by atoms with E-state index in [1.54, 1.807) is 0 Å². The lowest BCUT2D eigenvalue weighted by atomic mass is 9.99. The van der Waals surface area contributed by atoms with Gasteiger partial charge in [0.25, 0.3) is 0 Å². The van der Waals surface area contributed by atoms with Gasteiger partial charge in [0.1, 0.15) is 6.61 Å². The van der Waals surface area contributed by atoms with Crippen molar-refractivity contribution in [3.8, 4) is 0 Å². The molecule has 2 N–H and O–H groups in total. The third kappa shape index (κ3) is 3.64. The molecule has 3 aromatic rings. The number of carbonyl (C=O) groups excluding carboxylic acids is 1. The number of hydrogen-bond donors (Lipinski definition) is 2. The highest BCUT2D eigenvalue weighted by Crippen LogP contribution is 2.25. The summed E-state index contributed by atoms with van der Waals surface area (Å²) in [4.78, 5) is 19.8. The van der Waals surface area contributed by atoms with Gasteiger partial charge in [-0.2, -0.15) is 0 Å². The zero-order valence-electron chi connectivity index (χ0n) is 13.0. The fourth-order valence-corrected chi connectivity index (χ4v) is 2.42. The molecule has 0 saturated carbocycles. The number of Topliss-reactive ketones (excluding diaryl/α,β-unsaturated/α-hetero) is 1. The molecule has 0 saturated heterocycles. The first-order chi connectivity index (χ1) is 11.8. The largest absolute Gasteiger partial charge is 0.388 e. The normalized spacial score (nSPS) is 10.6. The monoisotopic (exact) mass is 319 g/mol. The lowest BCUT2D eigenvalue weighted by Gasteiger charge is -2.19. The highest BCUT2D eigenvalue weighted by molar-refractivity contribution is 5.96. The molecular weight excluding hydrogens is 302 g/mol. The fourth-order valence-electron chi connectivity index (χ4n) is 2.42. The molecule has 3 rings (SSSR count). The van der Waals surface area contributed by atoms with Crippen LogP contribution in [-0.4, -0.2) is 27.5 Å². The molecule has 0 bridgehead atoms. The Morgan fingerprint density at radius 1 is 0.917 bits per heavy atom. The topological polar surface area (TPSA) is 75.1 Å². The lowest BCUT2D eigenvalue weighted by molar-refractivity contribution is 0.0903. The van der Waals surface area contributed by atoms with Crippen molar-refractivity contribution < 1.29 is 9.90 Å². The Kier molecular flexibility index (Phi) is 4.93. The molecule has 0 spiro atoms. The minimum atomic E-state index is -0.549. The van der Waals surface area contributed by atoms with E-state index in [0.717, 1.165) is 11.1 Å². The Balaban J connectivity index is 1.89. The van der Waals surface area contributed by atoms with Crippen LogP contribution in [0.1, 0.15) is 27.5 Å². The molecule has 0 aliphatic carbocycles. The first-order valence-electron chi connectivity index (χ1n) is 7.60. The second kappa shape index (κ2) is 7.48. The summed E-state index contributed by atoms with van der Waals surface area (Å²) in [5, 5.41) is 12.2. The second-order valence-corrected chi connectivity index (χ2v) is 5.28. The molecule has 1 aromatic heterocycles. The molecule has 0 atom stereocenters. The van der Waals surface area contributed by atoms with Gasteiger partial charge in [-0.1, -0.05) is 60.7 Å². The van der Waals surface area contributed by atoms with E-state index in [2.05, 4.69) is 15.3 Å². The van der Waals surface area contributed by atoms with Crippen molar-refractivity contribution in [3.63, 3.8) is 0 Å². The molecule has 0 aliphatic heterocycles. The number of anilines is 1. The Bertz CT molecular complexity index is 750. The summed E-state index contributed by atoms with van der Waals surface area (Å²) in [5.74, 6) is 0.0198. The summed E-state index contributed by atoms with van der Waals surface area (Å²) in [5.41, 5.74) is 2.46. The number of aliphatic hydroxyl groups excluding tert-OH is 1. The number of aromatic nitrogens is 2. The van der Waals surface area contributed by atoms with Gasteiger partial charge in [0, 0.05) is 12.4 Å². The molecule has 0 unspecified atom stereocenters. The SMILES string of the molecule is O=C(CO)c1cnc(NC(c2ccccc2)c2ccccc2)nc1. The molecule has 5 nitrogen and oxygen atoms in total. The summed E-state index contributed by atoms with van der Waals surface area (Å²) in [7, 11) is 0. The van der Waals surface area contributed by atoms with E-state index in [1.807, 2.05) is 60.7 Å². The summed E-state index contributed by atoms with van der Waals surface area (Å²) < 4.78 is 0. The van der Waals surface area contributed by atoms with E-state index < -0.39 is 12.4 Å². The molecule has 24 heavy (non-hydrogen) atoms. The maximum Gasteiger partial charge on any atom is 0.223 e. The molecule has 1 heterocycles. The first kappa shape index (κ1) is 15.8. The van der Waals surface area contributed by atoms with Crippen molar-refractivity contribution in [2.24, 2.45) is 0 Å². The van der Waals surface area contributed by atoms with Gasteiger partial charge in [-0.3, -0.25) is 4.79 Å². The van der Waals surface area contributed by atoms with Gasteiger partial charge in [-0.05, 0) is 11.1 Å². The van der Waals surface area contributed by atoms with Crippen molar-refractivity contribution in [3.05, 3.63) is 89.7 Å². The van der Waals surface area contributed by atoms with Crippen molar-refractivity contribution in [2.75, 3.05) is 11.9 Å². The Hall–Kier alpha value is -3.05. The molecule has 5 heteroatoms. The van der Waals surface area contributed by atoms with Gasteiger partial charge in [0.15, 0.2) is 5.78 Å². The van der Waals surface area contributed by atoms with Crippen LogP contribution in [-0.2, 0) is 0 Å². The van der Waals surface area contributed by atoms with Crippen LogP contribution in [0.4, 0.5) is 5.95 Å². The standard InChI is InChI=1S/C19H17N3O2/c23-13-17(24)16-11-20-19(21-12-16)22-18(14-7-3-1-4-8-14)15-9-5-2-6-10-15/h1-12,18,23H,13H2,(H,20,21,22). The first-order valence-corrected chi connectivity index (χ1v) is 7.60. The van der Waals surface area contributed by atoms with Crippen LogP contribution < -0.4 is 5.32 Å². The van der Waals surface area contributed by atoms with Crippen molar-refractivity contribution in [2.45, 2.75) is 6.04 Å². The average Bonchev–Trinajstić information content (AvgIpc) is 2.67. The quantitative estimate of drug-likeness (QED) is 0.683. The van der Waals surface area contributed by atoms with Gasteiger partial charge < -0.3 is 10.4 Å². The molecule has 0 amide bonds. The van der Waals surface area contributed by atoms with Crippen LogP contribution in [0, 0.1) is 0 Å². The van der Waals surface area contributed by atoms with E-state index in [-0.39, 0.29) is 6.04 Å². The van der Waals surface area contributed by atoms with Crippen LogP contribution in [0.2, 0.25) is 0 Å². The average molecular weight is 319 g/mol. The maximum atomic E-state index is 11.4. The summed E-state index contributed by atoms with van der Waals surface area (Å²) >= 11 is 0. The number of benzene rings is 2. The van der Waals surface area contributed by atoms with Crippen LogP contribution >= 0.6 is 0 Å². The van der Waals surface area contributed by atoms with Gasteiger partial charge in [-0.15, -0.1) is 0 Å². The summed E-state index contributed by atoms with van der Waals surface area (Å²) in [6, 6.07) is 19.9. The zero-order valence-corrected chi connectivity index (χ0v) is 13.0. The number of ketones is 1. The Morgan fingerprint density at radius 3 is 1.88 bits per heavy atom. The zero-order chi connectivity index (χ0) is 16.8. The van der Waals surface area contributed by atoms with Gasteiger partial charge in [0.2, 0.25) is 5.95 Å². The van der Waals surface area contributed by atoms with Gasteiger partial charge in [0.05, 0.1) is 11.6 Å². The predicted molar refractivity (Wildman–Crippen MR) is 91.8 cm³/mol. The maximum absolute atomic E-state index is 11.4. The molecule has 0 fully saturated rings. The second-order valence-electron chi connectivity index (χ2n) is 5.28. The van der Waals surface area contributed by atoms with Crippen LogP contribution in [0.25, 0.3) is 0 Å². The summed E-state index contributed by atoms with van der Waals surface area (Å²) in [6.07, 6.45) is 2.84. The lowest BCUT2D eigenvalue weighted by Crippen LogP contribution is -2.15. The molecule has 0 radical (unpaired) electrons. The van der Waals surface area contributed by atoms with Gasteiger partial charge >= 0.3 is 0 Å². The molecular formula is C19H17N3O2. The Morgan fingerprint density at radius 2 is 1.42 bits per heavy atom. The van der Waals surface area contributed by atoms with Crippen molar-refractivity contribution in [1.29, 1.82) is 0 Å². The van der Waals surface area contributed by atoms with E-state index >= 15 is 0 Å². The highest BCUT2D eigenvalue weighted by atomic mass is 16.3. The van der Waals surface area contributed by atoms with E-state index in [9.17, 15) is 4.79 Å². The third-order valence-corrected chi connectivity index (χ3v) is 3.66. The van der Waals surface area contributed by atoms with E-state index in [4.69, 9.17) is 5.11 Å². The number of hydrogen-bond acceptors (Lipinski definition) is 5. The minimum Gasteiger partial charge on any atom is -0.388 e. The number of aliphatic hydroxyl groups is 1. The molecule has 120 valence electrons. The highest BCUT2D eigenvalue weighted by Gasteiger charge is 2.15. The van der Waals surface area contributed by atoms with Crippen molar-refractivity contribution >= 4 is 11.7 Å². The van der Waals surface area contributed by atoms with Crippen LogP contribution in [0.5, 0.6) is 0 Å². The number of rotatable bonds is 6. The number of nitrogens with zero attached hydrogens (tertiary/aromatic N) is 2. The molecule has 2 aromatic carbocycles. The smallest absolute Gasteiger partial charge is 0.223 e. The molecule has 0 aliphatic rings. The fraction of sp³-hybridized carbons (Fsp3) is 0.105. The van der Waals surface area contributed by atoms with E-state index in [1.165, 1.54) is 12.4 Å². The number of nitrogens with one attached hydrogen (secondary N) is 1. The van der Waals surface area contributed by atoms with Crippen LogP contribution in [0.3, 0.4) is 0 Å². The Labute approximate surface area is 140 Å². The minimum absolute atomic E-state index is 0.105. The van der Waals surface area contributed by atoms with Crippen molar-refractivity contribution in [1.82, 2.24) is 9.97 Å². The summed E-state index contributed by atoms with van der Waals surface area (Å²) in [6.45, 7) is -0.549. The third-order valence-electron chi connectivity index (χ3n) is 3.66. The van der Waals surface area contributed by atoms with E-state index in [0.29, 0.717) is 11.5 Å². The van der Waals surface area contributed by atoms with Crippen LogP contribution in [0.15, 0.2) is 73.1 Å². The van der Waals surface area contributed by atoms with Gasteiger partial charge in [-0.25, -0.2) is 9.97 Å².